The van der Waals surface area contributed by atoms with Gasteiger partial charge in [0.25, 0.3) is 0 Å². The summed E-state index contributed by atoms with van der Waals surface area (Å²) in [6.45, 7) is 1.54. The molecule has 1 amide bonds. The molecule has 23 heavy (non-hydrogen) atoms. The number of nitrogens with zero attached hydrogens (tertiary/aromatic N) is 5. The van der Waals surface area contributed by atoms with E-state index in [1.165, 1.54) is 6.33 Å². The molecule has 3 rings (SSSR count). The van der Waals surface area contributed by atoms with Gasteiger partial charge in [0.2, 0.25) is 5.91 Å². The van der Waals surface area contributed by atoms with Gasteiger partial charge in [0.1, 0.15) is 18.5 Å². The second kappa shape index (κ2) is 6.62. The number of aromatic amines is 1. The Balaban J connectivity index is 1.74. The number of carbonyl (C=O) groups is 1. The van der Waals surface area contributed by atoms with E-state index in [0.717, 1.165) is 36.2 Å². The summed E-state index contributed by atoms with van der Waals surface area (Å²) in [6.07, 6.45) is 5.14. The lowest BCUT2D eigenvalue weighted by Crippen LogP contribution is -2.50. The number of carbonyl (C=O) groups excluding carboxylic acids is 1. The largest absolute Gasteiger partial charge is 0.346 e. The first-order valence-electron chi connectivity index (χ1n) is 7.62. The molecule has 2 aromatic heterocycles. The van der Waals surface area contributed by atoms with Gasteiger partial charge in [-0.1, -0.05) is 0 Å². The summed E-state index contributed by atoms with van der Waals surface area (Å²) >= 11 is 0. The van der Waals surface area contributed by atoms with Crippen LogP contribution in [0.4, 0.5) is 5.82 Å². The third-order valence-electron chi connectivity index (χ3n) is 4.18. The molecule has 120 valence electrons. The molecule has 1 aliphatic rings. The molecule has 1 fully saturated rings. The molecule has 2 N–H and O–H groups in total. The fourth-order valence-corrected chi connectivity index (χ4v) is 2.97. The van der Waals surface area contributed by atoms with Gasteiger partial charge in [-0.2, -0.15) is 5.26 Å². The van der Waals surface area contributed by atoms with Crippen LogP contribution in [0.3, 0.4) is 0 Å². The van der Waals surface area contributed by atoms with E-state index in [1.54, 1.807) is 0 Å². The van der Waals surface area contributed by atoms with Crippen LogP contribution in [0.5, 0.6) is 0 Å². The molecule has 0 aromatic carbocycles. The van der Waals surface area contributed by atoms with Gasteiger partial charge in [0, 0.05) is 26.3 Å². The van der Waals surface area contributed by atoms with Crippen LogP contribution in [0.1, 0.15) is 12.8 Å². The van der Waals surface area contributed by atoms with E-state index in [1.807, 2.05) is 30.4 Å². The molecular weight excluding hydrogens is 294 g/mol. The highest BCUT2D eigenvalue weighted by molar-refractivity contribution is 5.87. The number of hydrazine groups is 1. The zero-order valence-corrected chi connectivity index (χ0v) is 13.0. The Morgan fingerprint density at radius 2 is 2.48 bits per heavy atom. The van der Waals surface area contributed by atoms with Gasteiger partial charge in [-0.05, 0) is 18.9 Å². The number of hydrogen-bond acceptors (Lipinski definition) is 6. The molecule has 1 aliphatic heterocycles. The number of nitriles is 1. The van der Waals surface area contributed by atoms with E-state index < -0.39 is 0 Å². The van der Waals surface area contributed by atoms with E-state index in [9.17, 15) is 4.79 Å². The third-order valence-corrected chi connectivity index (χ3v) is 4.18. The molecule has 0 unspecified atom stereocenters. The Labute approximate surface area is 134 Å². The zero-order chi connectivity index (χ0) is 16.2. The van der Waals surface area contributed by atoms with Crippen molar-refractivity contribution in [2.45, 2.75) is 12.8 Å². The number of aromatic nitrogens is 3. The molecule has 1 saturated heterocycles. The molecule has 8 nitrogen and oxygen atoms in total. The highest BCUT2D eigenvalue weighted by Gasteiger charge is 2.28. The van der Waals surface area contributed by atoms with Crippen molar-refractivity contribution < 1.29 is 4.79 Å². The number of H-pyrrole nitrogens is 1. The van der Waals surface area contributed by atoms with Gasteiger partial charge in [0.15, 0.2) is 5.82 Å². The van der Waals surface area contributed by atoms with Crippen LogP contribution in [0.2, 0.25) is 0 Å². The van der Waals surface area contributed by atoms with Crippen LogP contribution < -0.4 is 10.3 Å². The fourth-order valence-electron chi connectivity index (χ4n) is 2.97. The molecule has 3 heterocycles. The maximum Gasteiger partial charge on any atom is 0.225 e. The maximum absolute atomic E-state index is 12.1. The second-order valence-corrected chi connectivity index (χ2v) is 5.59. The van der Waals surface area contributed by atoms with Crippen LogP contribution in [0, 0.1) is 17.2 Å². The highest BCUT2D eigenvalue weighted by Crippen LogP contribution is 2.25. The summed E-state index contributed by atoms with van der Waals surface area (Å²) in [4.78, 5) is 23.8. The third kappa shape index (κ3) is 3.10. The number of anilines is 1. The second-order valence-electron chi connectivity index (χ2n) is 5.59. The molecule has 0 aliphatic carbocycles. The molecule has 0 spiro atoms. The smallest absolute Gasteiger partial charge is 0.225 e. The van der Waals surface area contributed by atoms with Crippen LogP contribution in [0.15, 0.2) is 18.6 Å². The summed E-state index contributed by atoms with van der Waals surface area (Å²) in [5, 5.41) is 16.3. The Hall–Kier alpha value is -2.66. The van der Waals surface area contributed by atoms with Gasteiger partial charge in [-0.25, -0.2) is 15.0 Å². The van der Waals surface area contributed by atoms with Crippen molar-refractivity contribution in [2.24, 2.45) is 5.92 Å². The number of hydrogen-bond donors (Lipinski definition) is 2. The van der Waals surface area contributed by atoms with E-state index >= 15 is 0 Å². The van der Waals surface area contributed by atoms with Crippen molar-refractivity contribution >= 4 is 22.8 Å². The molecule has 1 atom stereocenters. The first-order chi connectivity index (χ1) is 11.2. The maximum atomic E-state index is 12.1. The van der Waals surface area contributed by atoms with Gasteiger partial charge < -0.3 is 10.3 Å². The standard InChI is InChI=1S/C15H19N7O/c1-21(14-12-4-6-17-13(12)19-10-20-14)22-8-2-3-11(9-22)15(23)18-7-5-16/h4,6,10-11H,2-3,7-9H2,1H3,(H,18,23)(H,17,19,20)/t11-/m0/s1. The normalized spacial score (nSPS) is 18.5. The summed E-state index contributed by atoms with van der Waals surface area (Å²) in [6, 6.07) is 3.88. The highest BCUT2D eigenvalue weighted by atomic mass is 16.1. The van der Waals surface area contributed by atoms with Crippen LogP contribution in [-0.2, 0) is 4.79 Å². The van der Waals surface area contributed by atoms with E-state index in [-0.39, 0.29) is 18.4 Å². The molecule has 0 radical (unpaired) electrons. The first-order valence-corrected chi connectivity index (χ1v) is 7.62. The minimum atomic E-state index is -0.108. The average molecular weight is 313 g/mol. The van der Waals surface area contributed by atoms with Crippen molar-refractivity contribution in [1.29, 1.82) is 5.26 Å². The number of amides is 1. The Morgan fingerprint density at radius 1 is 1.61 bits per heavy atom. The minimum absolute atomic E-state index is 0.0564. The minimum Gasteiger partial charge on any atom is -0.346 e. The Kier molecular flexibility index (Phi) is 4.39. The quantitative estimate of drug-likeness (QED) is 0.804. The molecule has 2 aromatic rings. The van der Waals surface area contributed by atoms with E-state index in [2.05, 4.69) is 25.3 Å². The first kappa shape index (κ1) is 15.2. The van der Waals surface area contributed by atoms with Crippen molar-refractivity contribution in [3.05, 3.63) is 18.6 Å². The Morgan fingerprint density at radius 3 is 3.30 bits per heavy atom. The molecule has 0 saturated carbocycles. The van der Waals surface area contributed by atoms with Crippen molar-refractivity contribution in [1.82, 2.24) is 25.3 Å². The number of nitrogens with one attached hydrogen (secondary N) is 2. The molecule has 0 bridgehead atoms. The van der Waals surface area contributed by atoms with E-state index in [0.29, 0.717) is 6.54 Å². The number of rotatable bonds is 4. The predicted molar refractivity (Wildman–Crippen MR) is 85.2 cm³/mol. The lowest BCUT2D eigenvalue weighted by atomic mass is 9.98. The van der Waals surface area contributed by atoms with Gasteiger partial charge in [0.05, 0.1) is 17.4 Å². The lowest BCUT2D eigenvalue weighted by molar-refractivity contribution is -0.126. The van der Waals surface area contributed by atoms with E-state index in [4.69, 9.17) is 5.26 Å². The van der Waals surface area contributed by atoms with Crippen molar-refractivity contribution in [2.75, 3.05) is 31.7 Å². The lowest BCUT2D eigenvalue weighted by Gasteiger charge is -2.38. The van der Waals surface area contributed by atoms with Crippen molar-refractivity contribution in [3.63, 3.8) is 0 Å². The van der Waals surface area contributed by atoms with Crippen molar-refractivity contribution in [3.8, 4) is 6.07 Å². The van der Waals surface area contributed by atoms with Crippen LogP contribution in [0.25, 0.3) is 11.0 Å². The number of piperidine rings is 1. The zero-order valence-electron chi connectivity index (χ0n) is 13.0. The Bertz CT molecular complexity index is 735. The van der Waals surface area contributed by atoms with Gasteiger partial charge in [-0.15, -0.1) is 0 Å². The van der Waals surface area contributed by atoms with Crippen LogP contribution in [-0.4, -0.2) is 52.5 Å². The summed E-state index contributed by atoms with van der Waals surface area (Å²) in [5.41, 5.74) is 0.794. The van der Waals surface area contributed by atoms with Gasteiger partial charge in [-0.3, -0.25) is 9.80 Å². The summed E-state index contributed by atoms with van der Waals surface area (Å²) in [5.74, 6) is 0.650. The molecule has 8 heteroatoms. The fraction of sp³-hybridized carbons (Fsp3) is 0.467. The average Bonchev–Trinajstić information content (AvgIpc) is 3.07. The predicted octanol–water partition coefficient (Wildman–Crippen LogP) is 0.661. The topological polar surface area (TPSA) is 101 Å². The van der Waals surface area contributed by atoms with Gasteiger partial charge >= 0.3 is 0 Å². The SMILES string of the molecule is CN(c1ncnc2[nH]ccc12)N1CCC[C@H](C(=O)NCC#N)C1. The molecular formula is C15H19N7O. The summed E-state index contributed by atoms with van der Waals surface area (Å²) < 4.78 is 0. The van der Waals surface area contributed by atoms with Crippen LogP contribution >= 0.6 is 0 Å². The number of fused-ring (bicyclic) bond motifs is 1. The summed E-state index contributed by atoms with van der Waals surface area (Å²) in [7, 11) is 1.95. The monoisotopic (exact) mass is 313 g/mol.